The maximum Gasteiger partial charge on any atom is 0.360 e. The number of amides is 1. The van der Waals surface area contributed by atoms with Gasteiger partial charge in [0.05, 0.1) is 16.1 Å². The Bertz CT molecular complexity index is 1180. The second-order valence-electron chi connectivity index (χ2n) is 6.58. The largest absolute Gasteiger partial charge is 0.448 e. The van der Waals surface area contributed by atoms with Crippen LogP contribution in [0.2, 0.25) is 10.0 Å². The Balaban J connectivity index is 1.84. The van der Waals surface area contributed by atoms with Crippen molar-refractivity contribution in [3.8, 4) is 0 Å². The minimum Gasteiger partial charge on any atom is -0.448 e. The molecule has 0 aliphatic rings. The van der Waals surface area contributed by atoms with Crippen molar-refractivity contribution in [1.29, 1.82) is 0 Å². The third-order valence-electron chi connectivity index (χ3n) is 4.34. The Morgan fingerprint density at radius 2 is 1.87 bits per heavy atom. The summed E-state index contributed by atoms with van der Waals surface area (Å²) in [7, 11) is 0. The summed E-state index contributed by atoms with van der Waals surface area (Å²) in [6, 6.07) is 11.3. The first kappa shape index (κ1) is 21.8. The van der Waals surface area contributed by atoms with Crippen LogP contribution < -0.4 is 10.9 Å². The van der Waals surface area contributed by atoms with Gasteiger partial charge in [-0.25, -0.2) is 9.48 Å². The second kappa shape index (κ2) is 9.28. The Morgan fingerprint density at radius 3 is 2.53 bits per heavy atom. The van der Waals surface area contributed by atoms with E-state index in [9.17, 15) is 14.4 Å². The van der Waals surface area contributed by atoms with Gasteiger partial charge < -0.3 is 10.1 Å². The minimum atomic E-state index is -1.13. The normalized spacial score (nSPS) is 11.9. The quantitative estimate of drug-likeness (QED) is 0.568. The highest BCUT2D eigenvalue weighted by molar-refractivity contribution is 6.36. The van der Waals surface area contributed by atoms with Crippen molar-refractivity contribution in [1.82, 2.24) is 9.78 Å². The van der Waals surface area contributed by atoms with E-state index in [0.717, 1.165) is 0 Å². The number of anilines is 1. The van der Waals surface area contributed by atoms with Crippen LogP contribution in [0, 0.1) is 0 Å². The number of hydrogen-bond donors (Lipinski definition) is 1. The Kier molecular flexibility index (Phi) is 6.74. The average Bonchev–Trinajstić information content (AvgIpc) is 2.72. The van der Waals surface area contributed by atoms with E-state index in [-0.39, 0.29) is 16.3 Å². The second-order valence-corrected chi connectivity index (χ2v) is 7.43. The molecule has 1 atom stereocenters. The number of rotatable bonds is 6. The molecule has 9 heteroatoms. The van der Waals surface area contributed by atoms with E-state index in [2.05, 4.69) is 10.4 Å². The molecule has 0 saturated carbocycles. The van der Waals surface area contributed by atoms with Crippen LogP contribution in [-0.2, 0) is 16.1 Å². The van der Waals surface area contributed by atoms with Crippen molar-refractivity contribution in [2.24, 2.45) is 0 Å². The molecule has 0 saturated heterocycles. The fourth-order valence-corrected chi connectivity index (χ4v) is 3.30. The number of aryl methyl sites for hydroxylation is 1. The topological polar surface area (TPSA) is 90.3 Å². The van der Waals surface area contributed by atoms with Gasteiger partial charge in [0.1, 0.15) is 0 Å². The minimum absolute atomic E-state index is 0.0252. The van der Waals surface area contributed by atoms with Gasteiger partial charge in [0.2, 0.25) is 0 Å². The zero-order chi connectivity index (χ0) is 21.8. The fraction of sp³-hybridized carbons (Fsp3) is 0.238. The van der Waals surface area contributed by atoms with Crippen LogP contribution >= 0.6 is 23.2 Å². The van der Waals surface area contributed by atoms with Crippen molar-refractivity contribution >= 4 is 51.5 Å². The molecule has 0 spiro atoms. The summed E-state index contributed by atoms with van der Waals surface area (Å²) in [6.45, 7) is 3.69. The van der Waals surface area contributed by atoms with E-state index in [1.165, 1.54) is 17.7 Å². The van der Waals surface area contributed by atoms with E-state index in [1.807, 2.05) is 6.92 Å². The third kappa shape index (κ3) is 4.63. The standard InChI is InChI=1S/C21H19Cl2N3O4/c1-3-10-26-20(28)15-7-5-4-6-14(15)18(25-26)21(29)30-12(2)19(27)24-17-9-8-13(22)11-16(17)23/h4-9,11-12H,3,10H2,1-2H3,(H,24,27). The lowest BCUT2D eigenvalue weighted by molar-refractivity contribution is -0.123. The zero-order valence-corrected chi connectivity index (χ0v) is 17.8. The van der Waals surface area contributed by atoms with Gasteiger partial charge in [0, 0.05) is 17.0 Å². The lowest BCUT2D eigenvalue weighted by atomic mass is 10.1. The number of fused-ring (bicyclic) bond motifs is 1. The Hall–Kier alpha value is -2.90. The first-order valence-corrected chi connectivity index (χ1v) is 10.0. The molecule has 7 nitrogen and oxygen atoms in total. The van der Waals surface area contributed by atoms with E-state index >= 15 is 0 Å². The number of hydrogen-bond acceptors (Lipinski definition) is 5. The molecule has 30 heavy (non-hydrogen) atoms. The van der Waals surface area contributed by atoms with Crippen molar-refractivity contribution in [3.05, 3.63) is 68.6 Å². The highest BCUT2D eigenvalue weighted by Crippen LogP contribution is 2.25. The number of benzene rings is 2. The first-order valence-electron chi connectivity index (χ1n) is 9.28. The highest BCUT2D eigenvalue weighted by atomic mass is 35.5. The number of nitrogens with zero attached hydrogens (tertiary/aromatic N) is 2. The molecule has 0 fully saturated rings. The lowest BCUT2D eigenvalue weighted by Crippen LogP contribution is -2.32. The molecule has 3 rings (SSSR count). The van der Waals surface area contributed by atoms with Crippen LogP contribution in [0.5, 0.6) is 0 Å². The molecule has 0 bridgehead atoms. The molecule has 0 aliphatic carbocycles. The number of ether oxygens (including phenoxy) is 1. The van der Waals surface area contributed by atoms with Gasteiger partial charge in [0.15, 0.2) is 11.8 Å². The van der Waals surface area contributed by atoms with Crippen LogP contribution in [0.15, 0.2) is 47.3 Å². The molecule has 1 amide bonds. The molecule has 1 heterocycles. The van der Waals surface area contributed by atoms with E-state index in [0.29, 0.717) is 34.4 Å². The van der Waals surface area contributed by atoms with Gasteiger partial charge in [-0.15, -0.1) is 0 Å². The van der Waals surface area contributed by atoms with Crippen LogP contribution in [0.3, 0.4) is 0 Å². The Morgan fingerprint density at radius 1 is 1.17 bits per heavy atom. The van der Waals surface area contributed by atoms with Crippen molar-refractivity contribution in [2.45, 2.75) is 32.9 Å². The van der Waals surface area contributed by atoms with Crippen LogP contribution in [-0.4, -0.2) is 27.8 Å². The van der Waals surface area contributed by atoms with E-state index in [4.69, 9.17) is 27.9 Å². The summed E-state index contributed by atoms with van der Waals surface area (Å²) in [6.07, 6.45) is -0.461. The Labute approximate surface area is 182 Å². The molecular weight excluding hydrogens is 429 g/mol. The fourth-order valence-electron chi connectivity index (χ4n) is 2.84. The average molecular weight is 448 g/mol. The molecule has 1 aromatic heterocycles. The van der Waals surface area contributed by atoms with Gasteiger partial charge in [-0.2, -0.15) is 5.10 Å². The van der Waals surface area contributed by atoms with Gasteiger partial charge in [0.25, 0.3) is 11.5 Å². The van der Waals surface area contributed by atoms with Crippen LogP contribution in [0.1, 0.15) is 30.8 Å². The molecule has 0 aliphatic heterocycles. The lowest BCUT2D eigenvalue weighted by Gasteiger charge is -2.15. The van der Waals surface area contributed by atoms with Gasteiger partial charge in [-0.05, 0) is 37.6 Å². The monoisotopic (exact) mass is 447 g/mol. The molecule has 1 N–H and O–H groups in total. The van der Waals surface area contributed by atoms with Crippen LogP contribution in [0.4, 0.5) is 5.69 Å². The summed E-state index contributed by atoms with van der Waals surface area (Å²) >= 11 is 11.9. The number of nitrogens with one attached hydrogen (secondary N) is 1. The predicted octanol–water partition coefficient (Wildman–Crippen LogP) is 4.30. The molecular formula is C21H19Cl2N3O4. The summed E-state index contributed by atoms with van der Waals surface area (Å²) in [5.74, 6) is -1.38. The number of carbonyl (C=O) groups is 2. The van der Waals surface area contributed by atoms with Gasteiger partial charge in [-0.1, -0.05) is 48.3 Å². The highest BCUT2D eigenvalue weighted by Gasteiger charge is 2.23. The smallest absolute Gasteiger partial charge is 0.360 e. The summed E-state index contributed by atoms with van der Waals surface area (Å²) in [5.41, 5.74) is 0.0315. The van der Waals surface area contributed by atoms with Gasteiger partial charge >= 0.3 is 5.97 Å². The number of aromatic nitrogens is 2. The van der Waals surface area contributed by atoms with Crippen molar-refractivity contribution in [2.75, 3.05) is 5.32 Å². The van der Waals surface area contributed by atoms with E-state index < -0.39 is 18.0 Å². The SMILES string of the molecule is CCCn1nc(C(=O)OC(C)C(=O)Nc2ccc(Cl)cc2Cl)c2ccccc2c1=O. The molecule has 156 valence electrons. The number of halogens is 2. The summed E-state index contributed by atoms with van der Waals surface area (Å²) in [4.78, 5) is 37.8. The number of esters is 1. The number of carbonyl (C=O) groups excluding carboxylic acids is 2. The maximum absolute atomic E-state index is 12.8. The molecule has 0 radical (unpaired) electrons. The summed E-state index contributed by atoms with van der Waals surface area (Å²) < 4.78 is 6.55. The third-order valence-corrected chi connectivity index (χ3v) is 4.89. The van der Waals surface area contributed by atoms with Crippen molar-refractivity contribution < 1.29 is 14.3 Å². The van der Waals surface area contributed by atoms with Gasteiger partial charge in [-0.3, -0.25) is 9.59 Å². The predicted molar refractivity (Wildman–Crippen MR) is 116 cm³/mol. The van der Waals surface area contributed by atoms with Crippen LogP contribution in [0.25, 0.3) is 10.8 Å². The zero-order valence-electron chi connectivity index (χ0n) is 16.3. The van der Waals surface area contributed by atoms with Crippen molar-refractivity contribution in [3.63, 3.8) is 0 Å². The summed E-state index contributed by atoms with van der Waals surface area (Å²) in [5, 5.41) is 8.18. The molecule has 3 aromatic rings. The maximum atomic E-state index is 12.8. The first-order chi connectivity index (χ1) is 14.3. The molecule has 1 unspecified atom stereocenters. The molecule has 2 aromatic carbocycles. The van der Waals surface area contributed by atoms with E-state index in [1.54, 1.807) is 36.4 Å².